The van der Waals surface area contributed by atoms with E-state index in [-0.39, 0.29) is 17.7 Å². The van der Waals surface area contributed by atoms with E-state index in [9.17, 15) is 9.59 Å². The highest BCUT2D eigenvalue weighted by atomic mass is 16.5. The predicted molar refractivity (Wildman–Crippen MR) is 104 cm³/mol. The lowest BCUT2D eigenvalue weighted by Crippen LogP contribution is -2.25. The highest BCUT2D eigenvalue weighted by molar-refractivity contribution is 6.05. The number of carbonyl (C=O) groups is 2. The third kappa shape index (κ3) is 4.38. The van der Waals surface area contributed by atoms with E-state index in [2.05, 4.69) is 16.0 Å². The molecule has 3 rings (SSSR count). The van der Waals surface area contributed by atoms with Gasteiger partial charge < -0.3 is 25.4 Å². The molecule has 1 saturated heterocycles. The minimum Gasteiger partial charge on any atom is -0.494 e. The molecule has 1 fully saturated rings. The summed E-state index contributed by atoms with van der Waals surface area (Å²) in [5, 5.41) is 8.89. The topological polar surface area (TPSA) is 88.7 Å². The molecule has 7 nitrogen and oxygen atoms in total. The fourth-order valence-corrected chi connectivity index (χ4v) is 2.99. The van der Waals surface area contributed by atoms with Crippen LogP contribution in [0, 0.1) is 5.92 Å². The second-order valence-electron chi connectivity index (χ2n) is 6.25. The Bertz CT molecular complexity index is 817. The number of anilines is 2. The van der Waals surface area contributed by atoms with Crippen molar-refractivity contribution in [3.8, 4) is 11.5 Å². The molecule has 142 valence electrons. The number of nitrogens with one attached hydrogen (secondary N) is 3. The summed E-state index contributed by atoms with van der Waals surface area (Å²) in [6, 6.07) is 12.2. The van der Waals surface area contributed by atoms with Gasteiger partial charge in [-0.15, -0.1) is 0 Å². The molecule has 0 saturated carbocycles. The van der Waals surface area contributed by atoms with Gasteiger partial charge in [0.25, 0.3) is 5.91 Å². The summed E-state index contributed by atoms with van der Waals surface area (Å²) >= 11 is 0. The van der Waals surface area contributed by atoms with Crippen LogP contribution in [-0.2, 0) is 4.79 Å². The standard InChI is InChI=1S/C20H23N3O4/c1-26-17-11-16(23-20(25)14-8-9-21-12-14)18(27-2)10-15(17)22-19(24)13-6-4-3-5-7-13/h3-7,10-11,14,21H,8-9,12H2,1-2H3,(H,22,24)(H,23,25). The fraction of sp³-hybridized carbons (Fsp3) is 0.300. The van der Waals surface area contributed by atoms with Gasteiger partial charge in [0.2, 0.25) is 5.91 Å². The first-order chi connectivity index (χ1) is 13.1. The Hall–Kier alpha value is -3.06. The van der Waals surface area contributed by atoms with Crippen LogP contribution >= 0.6 is 0 Å². The number of hydrogen-bond donors (Lipinski definition) is 3. The van der Waals surface area contributed by atoms with Gasteiger partial charge in [-0.2, -0.15) is 0 Å². The summed E-state index contributed by atoms with van der Waals surface area (Å²) < 4.78 is 10.8. The molecule has 2 amide bonds. The maximum Gasteiger partial charge on any atom is 0.255 e. The monoisotopic (exact) mass is 369 g/mol. The average molecular weight is 369 g/mol. The highest BCUT2D eigenvalue weighted by Gasteiger charge is 2.24. The molecule has 1 aliphatic heterocycles. The molecule has 1 heterocycles. The molecule has 0 radical (unpaired) electrons. The molecule has 7 heteroatoms. The van der Waals surface area contributed by atoms with Gasteiger partial charge in [0.1, 0.15) is 11.5 Å². The molecule has 2 aromatic rings. The Balaban J connectivity index is 1.83. The molecule has 0 bridgehead atoms. The zero-order valence-electron chi connectivity index (χ0n) is 15.4. The van der Waals surface area contributed by atoms with Crippen molar-refractivity contribution >= 4 is 23.2 Å². The SMILES string of the molecule is COc1cc(NC(=O)C2CCNC2)c(OC)cc1NC(=O)c1ccccc1. The first-order valence-electron chi connectivity index (χ1n) is 8.76. The van der Waals surface area contributed by atoms with Crippen LogP contribution in [0.2, 0.25) is 0 Å². The summed E-state index contributed by atoms with van der Waals surface area (Å²) in [6.07, 6.45) is 0.802. The Labute approximate surface area is 158 Å². The van der Waals surface area contributed by atoms with Crippen LogP contribution in [0.5, 0.6) is 11.5 Å². The first kappa shape index (κ1) is 18.7. The molecule has 0 spiro atoms. The van der Waals surface area contributed by atoms with E-state index in [1.807, 2.05) is 6.07 Å². The summed E-state index contributed by atoms with van der Waals surface area (Å²) in [7, 11) is 3.02. The average Bonchev–Trinajstić information content (AvgIpc) is 3.24. The zero-order valence-corrected chi connectivity index (χ0v) is 15.4. The fourth-order valence-electron chi connectivity index (χ4n) is 2.99. The second kappa shape index (κ2) is 8.55. The van der Waals surface area contributed by atoms with E-state index < -0.39 is 0 Å². The van der Waals surface area contributed by atoms with E-state index in [0.717, 1.165) is 13.0 Å². The van der Waals surface area contributed by atoms with Crippen molar-refractivity contribution in [1.29, 1.82) is 0 Å². The van der Waals surface area contributed by atoms with Crippen molar-refractivity contribution in [2.24, 2.45) is 5.92 Å². The molecule has 1 atom stereocenters. The number of amides is 2. The van der Waals surface area contributed by atoms with Gasteiger partial charge in [0.05, 0.1) is 31.5 Å². The lowest BCUT2D eigenvalue weighted by atomic mass is 10.1. The van der Waals surface area contributed by atoms with Crippen LogP contribution in [0.3, 0.4) is 0 Å². The minimum absolute atomic E-state index is 0.0681. The van der Waals surface area contributed by atoms with Gasteiger partial charge in [-0.25, -0.2) is 0 Å². The zero-order chi connectivity index (χ0) is 19.2. The molecule has 1 unspecified atom stereocenters. The van der Waals surface area contributed by atoms with Crippen molar-refractivity contribution in [3.05, 3.63) is 48.0 Å². The number of carbonyl (C=O) groups excluding carboxylic acids is 2. The van der Waals surface area contributed by atoms with Crippen molar-refractivity contribution in [2.75, 3.05) is 37.9 Å². The molecular formula is C20H23N3O4. The van der Waals surface area contributed by atoms with Crippen LogP contribution in [0.15, 0.2) is 42.5 Å². The molecule has 0 aromatic heterocycles. The summed E-state index contributed by atoms with van der Waals surface area (Å²) in [6.45, 7) is 1.50. The van der Waals surface area contributed by atoms with Crippen molar-refractivity contribution in [1.82, 2.24) is 5.32 Å². The lowest BCUT2D eigenvalue weighted by Gasteiger charge is -2.17. The van der Waals surface area contributed by atoms with Gasteiger partial charge in [0.15, 0.2) is 0 Å². The Kier molecular flexibility index (Phi) is 5.93. The van der Waals surface area contributed by atoms with E-state index >= 15 is 0 Å². The van der Waals surface area contributed by atoms with Crippen LogP contribution < -0.4 is 25.4 Å². The number of rotatable bonds is 6. The Morgan fingerprint density at radius 2 is 1.63 bits per heavy atom. The molecular weight excluding hydrogens is 346 g/mol. The molecule has 2 aromatic carbocycles. The van der Waals surface area contributed by atoms with Crippen LogP contribution in [-0.4, -0.2) is 39.1 Å². The van der Waals surface area contributed by atoms with Crippen molar-refractivity contribution in [3.63, 3.8) is 0 Å². The van der Waals surface area contributed by atoms with Gasteiger partial charge in [-0.1, -0.05) is 18.2 Å². The van der Waals surface area contributed by atoms with Gasteiger partial charge >= 0.3 is 0 Å². The molecule has 0 aliphatic carbocycles. The van der Waals surface area contributed by atoms with Crippen molar-refractivity contribution in [2.45, 2.75) is 6.42 Å². The van der Waals surface area contributed by atoms with E-state index in [4.69, 9.17) is 9.47 Å². The quantitative estimate of drug-likeness (QED) is 0.728. The molecule has 27 heavy (non-hydrogen) atoms. The highest BCUT2D eigenvalue weighted by Crippen LogP contribution is 2.37. The maximum absolute atomic E-state index is 12.4. The Morgan fingerprint density at radius 1 is 1.00 bits per heavy atom. The summed E-state index contributed by atoms with van der Waals surface area (Å²) in [4.78, 5) is 24.8. The maximum atomic E-state index is 12.4. The van der Waals surface area contributed by atoms with Crippen LogP contribution in [0.1, 0.15) is 16.8 Å². The second-order valence-corrected chi connectivity index (χ2v) is 6.25. The van der Waals surface area contributed by atoms with Crippen molar-refractivity contribution < 1.29 is 19.1 Å². The summed E-state index contributed by atoms with van der Waals surface area (Å²) in [5.41, 5.74) is 1.50. The number of benzene rings is 2. The minimum atomic E-state index is -0.259. The third-order valence-corrected chi connectivity index (χ3v) is 4.49. The van der Waals surface area contributed by atoms with E-state index in [1.54, 1.807) is 36.4 Å². The van der Waals surface area contributed by atoms with Crippen LogP contribution in [0.4, 0.5) is 11.4 Å². The largest absolute Gasteiger partial charge is 0.494 e. The van der Waals surface area contributed by atoms with Gasteiger partial charge in [-0.05, 0) is 25.1 Å². The Morgan fingerprint density at radius 3 is 2.19 bits per heavy atom. The third-order valence-electron chi connectivity index (χ3n) is 4.49. The first-order valence-corrected chi connectivity index (χ1v) is 8.76. The van der Waals surface area contributed by atoms with Crippen LogP contribution in [0.25, 0.3) is 0 Å². The van der Waals surface area contributed by atoms with E-state index in [1.165, 1.54) is 14.2 Å². The predicted octanol–water partition coefficient (Wildman–Crippen LogP) is 2.50. The summed E-state index contributed by atoms with van der Waals surface area (Å²) in [5.74, 6) is 0.475. The normalized spacial score (nSPS) is 15.9. The number of ether oxygens (including phenoxy) is 2. The molecule has 1 aliphatic rings. The number of methoxy groups -OCH3 is 2. The molecule has 3 N–H and O–H groups in total. The van der Waals surface area contributed by atoms with Gasteiger partial charge in [-0.3, -0.25) is 9.59 Å². The lowest BCUT2D eigenvalue weighted by molar-refractivity contribution is -0.119. The smallest absolute Gasteiger partial charge is 0.255 e. The van der Waals surface area contributed by atoms with Gasteiger partial charge in [0, 0.05) is 24.2 Å². The number of hydrogen-bond acceptors (Lipinski definition) is 5. The van der Waals surface area contributed by atoms with E-state index in [0.29, 0.717) is 35.0 Å².